The van der Waals surface area contributed by atoms with Crippen LogP contribution in [0.3, 0.4) is 0 Å². The molecule has 2 rings (SSSR count). The molecule has 1 amide bonds. The van der Waals surface area contributed by atoms with Gasteiger partial charge in [-0.3, -0.25) is 4.79 Å². The Kier molecular flexibility index (Phi) is 2.54. The van der Waals surface area contributed by atoms with Crippen LogP contribution in [0.25, 0.3) is 0 Å². The number of hydrogen-bond donors (Lipinski definition) is 1. The highest BCUT2D eigenvalue weighted by Crippen LogP contribution is 2.19. The minimum Gasteiger partial charge on any atom is -0.459 e. The van der Waals surface area contributed by atoms with Crippen molar-refractivity contribution in [1.29, 1.82) is 0 Å². The van der Waals surface area contributed by atoms with Crippen molar-refractivity contribution < 1.29 is 14.3 Å². The number of amides is 1. The lowest BCUT2D eigenvalue weighted by Crippen LogP contribution is -2.37. The average molecular weight is 195 g/mol. The van der Waals surface area contributed by atoms with Crippen LogP contribution in [0.4, 0.5) is 0 Å². The molecule has 1 aromatic rings. The summed E-state index contributed by atoms with van der Waals surface area (Å²) < 4.78 is 5.03. The molecule has 0 spiro atoms. The number of aliphatic hydroxyl groups excluding tert-OH is 1. The fourth-order valence-electron chi connectivity index (χ4n) is 1.83. The lowest BCUT2D eigenvalue weighted by atomic mass is 10.2. The Labute approximate surface area is 82.1 Å². The van der Waals surface area contributed by atoms with Crippen molar-refractivity contribution in [2.45, 2.75) is 18.9 Å². The summed E-state index contributed by atoms with van der Waals surface area (Å²) >= 11 is 0. The standard InChI is InChI=1S/C10H13NO3/c12-7-8-3-1-5-11(8)10(13)9-4-2-6-14-9/h2,4,6,8,12H,1,3,5,7H2. The molecular weight excluding hydrogens is 182 g/mol. The van der Waals surface area contributed by atoms with Crippen molar-refractivity contribution in [2.75, 3.05) is 13.2 Å². The first kappa shape index (κ1) is 9.27. The van der Waals surface area contributed by atoms with Crippen LogP contribution in [-0.2, 0) is 0 Å². The molecule has 0 aliphatic carbocycles. The van der Waals surface area contributed by atoms with Gasteiger partial charge in [0.25, 0.3) is 5.91 Å². The van der Waals surface area contributed by atoms with E-state index >= 15 is 0 Å². The molecule has 0 radical (unpaired) electrons. The first-order chi connectivity index (χ1) is 6.83. The number of hydrogen-bond acceptors (Lipinski definition) is 3. The van der Waals surface area contributed by atoms with Crippen molar-refractivity contribution in [2.24, 2.45) is 0 Å². The number of likely N-dealkylation sites (tertiary alicyclic amines) is 1. The molecule has 1 unspecified atom stereocenters. The molecule has 0 bridgehead atoms. The molecule has 1 N–H and O–H groups in total. The first-order valence-electron chi connectivity index (χ1n) is 4.78. The molecule has 1 aromatic heterocycles. The Morgan fingerprint density at radius 3 is 3.21 bits per heavy atom. The van der Waals surface area contributed by atoms with Crippen LogP contribution in [-0.4, -0.2) is 35.1 Å². The van der Waals surface area contributed by atoms with E-state index in [1.54, 1.807) is 17.0 Å². The fraction of sp³-hybridized carbons (Fsp3) is 0.500. The largest absolute Gasteiger partial charge is 0.459 e. The van der Waals surface area contributed by atoms with E-state index in [4.69, 9.17) is 9.52 Å². The van der Waals surface area contributed by atoms with Gasteiger partial charge in [0.05, 0.1) is 18.9 Å². The topological polar surface area (TPSA) is 53.7 Å². The Morgan fingerprint density at radius 2 is 2.57 bits per heavy atom. The van der Waals surface area contributed by atoms with E-state index in [2.05, 4.69) is 0 Å². The van der Waals surface area contributed by atoms with Gasteiger partial charge in [0, 0.05) is 6.54 Å². The van der Waals surface area contributed by atoms with Gasteiger partial charge >= 0.3 is 0 Å². The SMILES string of the molecule is O=C(c1ccco1)N1CCCC1CO. The van der Waals surface area contributed by atoms with Crippen molar-refractivity contribution in [3.05, 3.63) is 24.2 Å². The molecule has 4 nitrogen and oxygen atoms in total. The lowest BCUT2D eigenvalue weighted by molar-refractivity contribution is 0.0646. The summed E-state index contributed by atoms with van der Waals surface area (Å²) in [6, 6.07) is 3.30. The van der Waals surface area contributed by atoms with Gasteiger partial charge in [-0.2, -0.15) is 0 Å². The van der Waals surface area contributed by atoms with Crippen molar-refractivity contribution in [1.82, 2.24) is 4.90 Å². The maximum atomic E-state index is 11.8. The van der Waals surface area contributed by atoms with Crippen LogP contribution in [0.5, 0.6) is 0 Å². The number of carbonyl (C=O) groups is 1. The van der Waals surface area contributed by atoms with Gasteiger partial charge in [0.15, 0.2) is 5.76 Å². The minimum atomic E-state index is -0.119. The molecule has 14 heavy (non-hydrogen) atoms. The highest BCUT2D eigenvalue weighted by Gasteiger charge is 2.29. The molecule has 76 valence electrons. The normalized spacial score (nSPS) is 21.5. The van der Waals surface area contributed by atoms with E-state index in [0.29, 0.717) is 12.3 Å². The van der Waals surface area contributed by atoms with Crippen LogP contribution in [0.2, 0.25) is 0 Å². The summed E-state index contributed by atoms with van der Waals surface area (Å²) in [6.07, 6.45) is 3.32. The van der Waals surface area contributed by atoms with Crippen LogP contribution in [0, 0.1) is 0 Å². The molecule has 4 heteroatoms. The number of nitrogens with zero attached hydrogens (tertiary/aromatic N) is 1. The molecule has 0 aromatic carbocycles. The summed E-state index contributed by atoms with van der Waals surface area (Å²) in [7, 11) is 0. The quantitative estimate of drug-likeness (QED) is 0.762. The van der Waals surface area contributed by atoms with Gasteiger partial charge in [-0.1, -0.05) is 0 Å². The molecule has 0 saturated carbocycles. The van der Waals surface area contributed by atoms with Crippen molar-refractivity contribution in [3.8, 4) is 0 Å². The third-order valence-electron chi connectivity index (χ3n) is 2.58. The molecular formula is C10H13NO3. The maximum absolute atomic E-state index is 11.8. The summed E-state index contributed by atoms with van der Waals surface area (Å²) in [5, 5.41) is 9.06. The predicted molar refractivity (Wildman–Crippen MR) is 49.9 cm³/mol. The summed E-state index contributed by atoms with van der Waals surface area (Å²) in [5.74, 6) is 0.233. The zero-order valence-corrected chi connectivity index (χ0v) is 7.85. The van der Waals surface area contributed by atoms with E-state index < -0.39 is 0 Å². The van der Waals surface area contributed by atoms with Gasteiger partial charge in [-0.25, -0.2) is 0 Å². The highest BCUT2D eigenvalue weighted by atomic mass is 16.3. The Morgan fingerprint density at radius 1 is 1.71 bits per heavy atom. The van der Waals surface area contributed by atoms with E-state index in [9.17, 15) is 4.79 Å². The van der Waals surface area contributed by atoms with Crippen LogP contribution in [0.1, 0.15) is 23.4 Å². The van der Waals surface area contributed by atoms with E-state index in [1.807, 2.05) is 0 Å². The number of furan rings is 1. The molecule has 2 heterocycles. The molecule has 1 fully saturated rings. The zero-order valence-electron chi connectivity index (χ0n) is 7.85. The Bertz CT molecular complexity index is 307. The van der Waals surface area contributed by atoms with Crippen LogP contribution in [0.15, 0.2) is 22.8 Å². The summed E-state index contributed by atoms with van der Waals surface area (Å²) in [6.45, 7) is 0.747. The number of aliphatic hydroxyl groups is 1. The second kappa shape index (κ2) is 3.84. The molecule has 1 aliphatic heterocycles. The van der Waals surface area contributed by atoms with Gasteiger partial charge in [-0.05, 0) is 25.0 Å². The van der Waals surface area contributed by atoms with E-state index in [1.165, 1.54) is 6.26 Å². The summed E-state index contributed by atoms with van der Waals surface area (Å²) in [5.41, 5.74) is 0. The third-order valence-corrected chi connectivity index (χ3v) is 2.58. The smallest absolute Gasteiger partial charge is 0.289 e. The number of carbonyl (C=O) groups excluding carboxylic acids is 1. The van der Waals surface area contributed by atoms with Gasteiger partial charge < -0.3 is 14.4 Å². The van der Waals surface area contributed by atoms with Gasteiger partial charge in [0.2, 0.25) is 0 Å². The second-order valence-corrected chi connectivity index (χ2v) is 3.45. The van der Waals surface area contributed by atoms with E-state index in [-0.39, 0.29) is 18.6 Å². The predicted octanol–water partition coefficient (Wildman–Crippen LogP) is 0.876. The van der Waals surface area contributed by atoms with E-state index in [0.717, 1.165) is 12.8 Å². The molecule has 1 atom stereocenters. The zero-order chi connectivity index (χ0) is 9.97. The van der Waals surface area contributed by atoms with Gasteiger partial charge in [0.1, 0.15) is 0 Å². The number of rotatable bonds is 2. The van der Waals surface area contributed by atoms with Crippen LogP contribution >= 0.6 is 0 Å². The highest BCUT2D eigenvalue weighted by molar-refractivity contribution is 5.91. The second-order valence-electron chi connectivity index (χ2n) is 3.45. The van der Waals surface area contributed by atoms with Gasteiger partial charge in [-0.15, -0.1) is 0 Å². The summed E-state index contributed by atoms with van der Waals surface area (Å²) in [4.78, 5) is 13.5. The van der Waals surface area contributed by atoms with Crippen molar-refractivity contribution in [3.63, 3.8) is 0 Å². The molecule has 1 saturated heterocycles. The third kappa shape index (κ3) is 1.53. The molecule has 1 aliphatic rings. The monoisotopic (exact) mass is 195 g/mol. The lowest BCUT2D eigenvalue weighted by Gasteiger charge is -2.21. The fourth-order valence-corrected chi connectivity index (χ4v) is 1.83. The maximum Gasteiger partial charge on any atom is 0.289 e. The Hall–Kier alpha value is -1.29. The van der Waals surface area contributed by atoms with Crippen molar-refractivity contribution >= 4 is 5.91 Å². The van der Waals surface area contributed by atoms with Crippen LogP contribution < -0.4 is 0 Å². The average Bonchev–Trinajstić information content (AvgIpc) is 2.87. The minimum absolute atomic E-state index is 0.0342. The Balaban J connectivity index is 2.11. The first-order valence-corrected chi connectivity index (χ1v) is 4.78.